The third-order valence-corrected chi connectivity index (χ3v) is 4.21. The van der Waals surface area contributed by atoms with E-state index in [2.05, 4.69) is 10.2 Å². The van der Waals surface area contributed by atoms with Crippen LogP contribution < -0.4 is 5.32 Å². The number of rotatable bonds is 6. The summed E-state index contributed by atoms with van der Waals surface area (Å²) in [7, 11) is 0. The van der Waals surface area contributed by atoms with Crippen molar-refractivity contribution in [2.75, 3.05) is 18.4 Å². The van der Waals surface area contributed by atoms with Gasteiger partial charge in [-0.15, -0.1) is 0 Å². The molecule has 0 unspecified atom stereocenters. The topological polar surface area (TPSA) is 32.3 Å². The molecule has 20 heavy (non-hydrogen) atoms. The number of carbonyl (C=O) groups excluding carboxylic acids is 1. The van der Waals surface area contributed by atoms with Crippen molar-refractivity contribution in [3.05, 3.63) is 28.8 Å². The van der Waals surface area contributed by atoms with Crippen LogP contribution in [0.4, 0.5) is 5.69 Å². The molecule has 1 amide bonds. The van der Waals surface area contributed by atoms with E-state index < -0.39 is 0 Å². The number of hydrogen-bond donors (Lipinski definition) is 1. The summed E-state index contributed by atoms with van der Waals surface area (Å²) < 4.78 is 0. The molecule has 1 aromatic rings. The largest absolute Gasteiger partial charge is 0.385 e. The molecule has 0 spiro atoms. The van der Waals surface area contributed by atoms with Crippen LogP contribution in [0.5, 0.6) is 0 Å². The van der Waals surface area contributed by atoms with Crippen molar-refractivity contribution in [3.63, 3.8) is 0 Å². The van der Waals surface area contributed by atoms with Gasteiger partial charge in [0.2, 0.25) is 0 Å². The Morgan fingerprint density at radius 3 is 2.70 bits per heavy atom. The van der Waals surface area contributed by atoms with E-state index in [1.807, 2.05) is 19.1 Å². The first-order valence-electron chi connectivity index (χ1n) is 7.53. The Hall–Kier alpha value is -1.22. The molecule has 2 fully saturated rings. The van der Waals surface area contributed by atoms with Crippen LogP contribution >= 0.6 is 11.6 Å². The molecule has 3 rings (SSSR count). The van der Waals surface area contributed by atoms with Crippen LogP contribution in [0.2, 0.25) is 5.02 Å². The summed E-state index contributed by atoms with van der Waals surface area (Å²) in [5.74, 6) is 0.860. The average Bonchev–Trinajstić information content (AvgIpc) is 3.30. The molecule has 2 aliphatic rings. The number of benzene rings is 1. The van der Waals surface area contributed by atoms with Crippen LogP contribution in [0.25, 0.3) is 0 Å². The predicted octanol–water partition coefficient (Wildman–Crippen LogP) is 3.79. The lowest BCUT2D eigenvalue weighted by molar-refractivity contribution is 0.0736. The molecule has 0 aromatic heterocycles. The lowest BCUT2D eigenvalue weighted by atomic mass is 10.1. The Morgan fingerprint density at radius 2 is 2.10 bits per heavy atom. The Labute approximate surface area is 125 Å². The second-order valence-corrected chi connectivity index (χ2v) is 6.29. The Morgan fingerprint density at radius 1 is 1.35 bits per heavy atom. The van der Waals surface area contributed by atoms with Gasteiger partial charge >= 0.3 is 0 Å². The van der Waals surface area contributed by atoms with Gasteiger partial charge < -0.3 is 10.2 Å². The number of amides is 1. The molecule has 3 nitrogen and oxygen atoms in total. The lowest BCUT2D eigenvalue weighted by Crippen LogP contribution is -2.35. The van der Waals surface area contributed by atoms with Crippen molar-refractivity contribution in [3.8, 4) is 0 Å². The molecule has 0 saturated heterocycles. The van der Waals surface area contributed by atoms with Gasteiger partial charge in [-0.3, -0.25) is 4.79 Å². The zero-order valence-corrected chi connectivity index (χ0v) is 12.6. The summed E-state index contributed by atoms with van der Waals surface area (Å²) in [6.07, 6.45) is 4.84. The summed E-state index contributed by atoms with van der Waals surface area (Å²) in [6.45, 7) is 3.75. The number of nitrogens with one attached hydrogen (secondary N) is 1. The highest BCUT2D eigenvalue weighted by Crippen LogP contribution is 2.36. The van der Waals surface area contributed by atoms with E-state index in [0.29, 0.717) is 16.6 Å². The Kier molecular flexibility index (Phi) is 3.88. The fourth-order valence-corrected chi connectivity index (χ4v) is 2.73. The summed E-state index contributed by atoms with van der Waals surface area (Å²) in [6, 6.07) is 5.99. The lowest BCUT2D eigenvalue weighted by Gasteiger charge is -2.24. The van der Waals surface area contributed by atoms with Gasteiger partial charge in [-0.2, -0.15) is 0 Å². The quantitative estimate of drug-likeness (QED) is 0.865. The first kappa shape index (κ1) is 13.7. The van der Waals surface area contributed by atoms with Crippen LogP contribution in [-0.4, -0.2) is 29.9 Å². The first-order chi connectivity index (χ1) is 9.69. The normalized spacial score (nSPS) is 17.9. The molecule has 1 aromatic carbocycles. The van der Waals surface area contributed by atoms with Gasteiger partial charge in [0.1, 0.15) is 0 Å². The maximum Gasteiger partial charge on any atom is 0.256 e. The van der Waals surface area contributed by atoms with Gasteiger partial charge in [0.15, 0.2) is 0 Å². The first-order valence-corrected chi connectivity index (χ1v) is 7.91. The van der Waals surface area contributed by atoms with Crippen LogP contribution in [0.1, 0.15) is 43.0 Å². The van der Waals surface area contributed by atoms with Gasteiger partial charge in [-0.1, -0.05) is 11.6 Å². The van der Waals surface area contributed by atoms with Gasteiger partial charge in [0.05, 0.1) is 5.56 Å². The molecule has 4 heteroatoms. The van der Waals surface area contributed by atoms with Crippen molar-refractivity contribution in [1.29, 1.82) is 0 Å². The highest BCUT2D eigenvalue weighted by molar-refractivity contribution is 6.31. The number of nitrogens with zero attached hydrogens (tertiary/aromatic N) is 1. The minimum Gasteiger partial charge on any atom is -0.385 e. The van der Waals surface area contributed by atoms with E-state index in [1.54, 1.807) is 6.07 Å². The number of carbonyl (C=O) groups is 1. The van der Waals surface area contributed by atoms with Crippen LogP contribution in [0.15, 0.2) is 18.2 Å². The maximum atomic E-state index is 12.9. The number of halogens is 1. The molecule has 2 aliphatic carbocycles. The Balaban J connectivity index is 1.84. The number of anilines is 1. The van der Waals surface area contributed by atoms with Gasteiger partial charge in [-0.05, 0) is 56.7 Å². The fourth-order valence-electron chi connectivity index (χ4n) is 2.56. The van der Waals surface area contributed by atoms with E-state index >= 15 is 0 Å². The molecule has 0 aliphatic heterocycles. The second kappa shape index (κ2) is 5.65. The van der Waals surface area contributed by atoms with Gasteiger partial charge in [0, 0.05) is 29.8 Å². The standard InChI is InChI=1S/C16H21ClN2O/c1-2-18-15-8-5-12(17)9-14(15)16(20)19(13-6-7-13)10-11-3-4-11/h5,8-9,11,13,18H,2-4,6-7,10H2,1H3. The highest BCUT2D eigenvalue weighted by atomic mass is 35.5. The van der Waals surface area contributed by atoms with E-state index in [4.69, 9.17) is 11.6 Å². The van der Waals surface area contributed by atoms with Crippen molar-refractivity contribution in [2.45, 2.75) is 38.6 Å². The van der Waals surface area contributed by atoms with E-state index in [0.717, 1.165) is 37.5 Å². The molecule has 0 atom stereocenters. The molecule has 108 valence electrons. The van der Waals surface area contributed by atoms with Crippen LogP contribution in [0.3, 0.4) is 0 Å². The molecule has 2 saturated carbocycles. The SMILES string of the molecule is CCNc1ccc(Cl)cc1C(=O)N(CC1CC1)C1CC1. The third kappa shape index (κ3) is 3.09. The second-order valence-electron chi connectivity index (χ2n) is 5.85. The van der Waals surface area contributed by atoms with Crippen LogP contribution in [-0.2, 0) is 0 Å². The van der Waals surface area contributed by atoms with E-state index in [1.165, 1.54) is 12.8 Å². The zero-order chi connectivity index (χ0) is 14.1. The fraction of sp³-hybridized carbons (Fsp3) is 0.562. The summed E-state index contributed by atoms with van der Waals surface area (Å²) in [4.78, 5) is 14.9. The van der Waals surface area contributed by atoms with Crippen molar-refractivity contribution >= 4 is 23.2 Å². The predicted molar refractivity (Wildman–Crippen MR) is 82.4 cm³/mol. The maximum absolute atomic E-state index is 12.9. The summed E-state index contributed by atoms with van der Waals surface area (Å²) in [5.41, 5.74) is 1.61. The highest BCUT2D eigenvalue weighted by Gasteiger charge is 2.37. The molecule has 1 N–H and O–H groups in total. The minimum atomic E-state index is 0.137. The molecule has 0 radical (unpaired) electrons. The average molecular weight is 293 g/mol. The molecular weight excluding hydrogens is 272 g/mol. The monoisotopic (exact) mass is 292 g/mol. The van der Waals surface area contributed by atoms with Crippen molar-refractivity contribution < 1.29 is 4.79 Å². The smallest absolute Gasteiger partial charge is 0.256 e. The third-order valence-electron chi connectivity index (χ3n) is 3.98. The van der Waals surface area contributed by atoms with Gasteiger partial charge in [-0.25, -0.2) is 0 Å². The van der Waals surface area contributed by atoms with Crippen LogP contribution in [0, 0.1) is 5.92 Å². The number of hydrogen-bond acceptors (Lipinski definition) is 2. The molecule has 0 bridgehead atoms. The Bertz CT molecular complexity index is 509. The van der Waals surface area contributed by atoms with E-state index in [-0.39, 0.29) is 5.91 Å². The van der Waals surface area contributed by atoms with Crippen molar-refractivity contribution in [2.24, 2.45) is 5.92 Å². The van der Waals surface area contributed by atoms with E-state index in [9.17, 15) is 4.79 Å². The van der Waals surface area contributed by atoms with Gasteiger partial charge in [0.25, 0.3) is 5.91 Å². The minimum absolute atomic E-state index is 0.137. The van der Waals surface area contributed by atoms with Crippen molar-refractivity contribution in [1.82, 2.24) is 4.90 Å². The summed E-state index contributed by atoms with van der Waals surface area (Å²) >= 11 is 6.08. The zero-order valence-electron chi connectivity index (χ0n) is 11.9. The molecular formula is C16H21ClN2O. The summed E-state index contributed by atoms with van der Waals surface area (Å²) in [5, 5.41) is 3.88. The molecule has 0 heterocycles.